The molecule has 0 unspecified atom stereocenters. The van der Waals surface area contributed by atoms with Crippen LogP contribution in [0, 0.1) is 6.92 Å². The summed E-state index contributed by atoms with van der Waals surface area (Å²) in [5.74, 6) is 0.686. The number of urea groups is 1. The highest BCUT2D eigenvalue weighted by molar-refractivity contribution is 5.96. The fourth-order valence-corrected chi connectivity index (χ4v) is 3.57. The highest BCUT2D eigenvalue weighted by Gasteiger charge is 2.32. The van der Waals surface area contributed by atoms with Gasteiger partial charge in [0.2, 0.25) is 11.9 Å². The number of benzene rings is 1. The number of piperazine rings is 1. The van der Waals surface area contributed by atoms with Gasteiger partial charge in [-0.15, -0.1) is 0 Å². The normalized spacial score (nSPS) is 17.4. The van der Waals surface area contributed by atoms with E-state index in [1.807, 2.05) is 36.1 Å². The zero-order valence-electron chi connectivity index (χ0n) is 16.0. The number of anilines is 2. The van der Waals surface area contributed by atoms with Crippen LogP contribution >= 0.6 is 0 Å². The Bertz CT molecular complexity index is 834. The van der Waals surface area contributed by atoms with Crippen LogP contribution < -0.4 is 9.80 Å². The third kappa shape index (κ3) is 3.76. The molecule has 28 heavy (non-hydrogen) atoms. The lowest BCUT2D eigenvalue weighted by atomic mass is 10.2. The molecule has 2 aliphatic rings. The quantitative estimate of drug-likeness (QED) is 0.801. The van der Waals surface area contributed by atoms with Crippen LogP contribution in [0.2, 0.25) is 0 Å². The van der Waals surface area contributed by atoms with E-state index in [4.69, 9.17) is 0 Å². The minimum absolute atomic E-state index is 0.00673. The van der Waals surface area contributed by atoms with Crippen molar-refractivity contribution in [3.63, 3.8) is 0 Å². The van der Waals surface area contributed by atoms with E-state index in [0.29, 0.717) is 45.2 Å². The van der Waals surface area contributed by atoms with Gasteiger partial charge in [-0.3, -0.25) is 9.69 Å². The molecule has 2 aromatic rings. The van der Waals surface area contributed by atoms with Gasteiger partial charge in [-0.1, -0.05) is 17.7 Å². The van der Waals surface area contributed by atoms with Crippen LogP contribution in [-0.2, 0) is 4.79 Å². The minimum Gasteiger partial charge on any atom is -0.338 e. The van der Waals surface area contributed by atoms with E-state index in [9.17, 15) is 9.59 Å². The molecule has 0 atom stereocenters. The lowest BCUT2D eigenvalue weighted by molar-refractivity contribution is -0.131. The summed E-state index contributed by atoms with van der Waals surface area (Å²) in [7, 11) is 0. The first-order valence-electron chi connectivity index (χ1n) is 9.55. The Morgan fingerprint density at radius 1 is 0.964 bits per heavy atom. The standard InChI is InChI=1S/C20H24N6O2/c1-16-3-5-17(6-4-16)26-14-13-25(20(26)28)15-18(27)23-9-11-24(12-10-23)19-21-7-2-8-22-19/h2-8H,9-15H2,1H3. The van der Waals surface area contributed by atoms with Gasteiger partial charge in [0.25, 0.3) is 0 Å². The smallest absolute Gasteiger partial charge is 0.325 e. The van der Waals surface area contributed by atoms with Crippen molar-refractivity contribution in [2.75, 3.05) is 55.6 Å². The van der Waals surface area contributed by atoms with Crippen LogP contribution in [0.4, 0.5) is 16.4 Å². The van der Waals surface area contributed by atoms with Crippen LogP contribution in [0.15, 0.2) is 42.7 Å². The number of rotatable bonds is 4. The largest absolute Gasteiger partial charge is 0.338 e. The molecular formula is C20H24N6O2. The Hall–Kier alpha value is -3.16. The monoisotopic (exact) mass is 380 g/mol. The maximum atomic E-state index is 12.7. The highest BCUT2D eigenvalue weighted by atomic mass is 16.2. The summed E-state index contributed by atoms with van der Waals surface area (Å²) >= 11 is 0. The summed E-state index contributed by atoms with van der Waals surface area (Å²) in [6, 6.07) is 9.57. The molecule has 146 valence electrons. The van der Waals surface area contributed by atoms with Crippen molar-refractivity contribution < 1.29 is 9.59 Å². The molecule has 2 fully saturated rings. The van der Waals surface area contributed by atoms with Gasteiger partial charge in [0.15, 0.2) is 0 Å². The van der Waals surface area contributed by atoms with Gasteiger partial charge >= 0.3 is 6.03 Å². The fourth-order valence-electron chi connectivity index (χ4n) is 3.57. The number of carbonyl (C=O) groups is 2. The van der Waals surface area contributed by atoms with E-state index in [-0.39, 0.29) is 18.5 Å². The van der Waals surface area contributed by atoms with E-state index in [0.717, 1.165) is 11.3 Å². The zero-order chi connectivity index (χ0) is 19.5. The second-order valence-corrected chi connectivity index (χ2v) is 7.11. The number of aryl methyl sites for hydroxylation is 1. The van der Waals surface area contributed by atoms with Crippen LogP contribution in [0.1, 0.15) is 5.56 Å². The van der Waals surface area contributed by atoms with Gasteiger partial charge in [0, 0.05) is 57.3 Å². The summed E-state index contributed by atoms with van der Waals surface area (Å²) < 4.78 is 0. The summed E-state index contributed by atoms with van der Waals surface area (Å²) in [4.78, 5) is 41.2. The van der Waals surface area contributed by atoms with Crippen molar-refractivity contribution in [2.45, 2.75) is 6.92 Å². The molecule has 8 nitrogen and oxygen atoms in total. The number of amides is 3. The number of hydrogen-bond acceptors (Lipinski definition) is 5. The maximum Gasteiger partial charge on any atom is 0.325 e. The molecule has 0 spiro atoms. The van der Waals surface area contributed by atoms with Crippen molar-refractivity contribution in [3.8, 4) is 0 Å². The molecule has 0 aliphatic carbocycles. The van der Waals surface area contributed by atoms with E-state index in [1.165, 1.54) is 0 Å². The molecule has 1 aromatic heterocycles. The second kappa shape index (κ2) is 7.84. The topological polar surface area (TPSA) is 72.9 Å². The number of hydrogen-bond donors (Lipinski definition) is 0. The molecule has 0 radical (unpaired) electrons. The Labute approximate surface area is 164 Å². The van der Waals surface area contributed by atoms with Crippen LogP contribution in [-0.4, -0.2) is 77.5 Å². The zero-order valence-corrected chi connectivity index (χ0v) is 16.0. The van der Waals surface area contributed by atoms with E-state index < -0.39 is 0 Å². The maximum absolute atomic E-state index is 12.7. The first-order chi connectivity index (χ1) is 13.6. The van der Waals surface area contributed by atoms with Crippen molar-refractivity contribution >= 4 is 23.6 Å². The average molecular weight is 380 g/mol. The first kappa shape index (κ1) is 18.2. The predicted molar refractivity (Wildman–Crippen MR) is 106 cm³/mol. The number of aromatic nitrogens is 2. The summed E-state index contributed by atoms with van der Waals surface area (Å²) in [5.41, 5.74) is 2.03. The third-order valence-corrected chi connectivity index (χ3v) is 5.23. The Morgan fingerprint density at radius 3 is 2.32 bits per heavy atom. The molecule has 3 heterocycles. The fraction of sp³-hybridized carbons (Fsp3) is 0.400. The van der Waals surface area contributed by atoms with Crippen molar-refractivity contribution in [1.29, 1.82) is 0 Å². The summed E-state index contributed by atoms with van der Waals surface area (Å²) in [6.07, 6.45) is 3.44. The SMILES string of the molecule is Cc1ccc(N2CCN(CC(=O)N3CCN(c4ncccn4)CC3)C2=O)cc1. The summed E-state index contributed by atoms with van der Waals surface area (Å²) in [5, 5.41) is 0. The molecule has 3 amide bonds. The number of nitrogens with zero attached hydrogens (tertiary/aromatic N) is 6. The van der Waals surface area contributed by atoms with E-state index in [2.05, 4.69) is 14.9 Å². The van der Waals surface area contributed by atoms with Crippen molar-refractivity contribution in [1.82, 2.24) is 19.8 Å². The van der Waals surface area contributed by atoms with Gasteiger partial charge in [0.05, 0.1) is 0 Å². The van der Waals surface area contributed by atoms with Crippen molar-refractivity contribution in [3.05, 3.63) is 48.3 Å². The lowest BCUT2D eigenvalue weighted by Crippen LogP contribution is -2.52. The predicted octanol–water partition coefficient (Wildman–Crippen LogP) is 1.38. The van der Waals surface area contributed by atoms with Crippen LogP contribution in [0.25, 0.3) is 0 Å². The Morgan fingerprint density at radius 2 is 1.64 bits per heavy atom. The van der Waals surface area contributed by atoms with Crippen molar-refractivity contribution in [2.24, 2.45) is 0 Å². The highest BCUT2D eigenvalue weighted by Crippen LogP contribution is 2.21. The molecule has 1 aromatic carbocycles. The van der Waals surface area contributed by atoms with Gasteiger partial charge in [-0.05, 0) is 25.1 Å². The number of carbonyl (C=O) groups excluding carboxylic acids is 2. The van der Waals surface area contributed by atoms with E-state index >= 15 is 0 Å². The van der Waals surface area contributed by atoms with Gasteiger partial charge in [-0.2, -0.15) is 0 Å². The van der Waals surface area contributed by atoms with Gasteiger partial charge < -0.3 is 14.7 Å². The second-order valence-electron chi connectivity index (χ2n) is 7.11. The molecule has 8 heteroatoms. The lowest BCUT2D eigenvalue weighted by Gasteiger charge is -2.35. The first-order valence-corrected chi connectivity index (χ1v) is 9.55. The molecule has 0 bridgehead atoms. The molecule has 0 N–H and O–H groups in total. The van der Waals surface area contributed by atoms with Gasteiger partial charge in [-0.25, -0.2) is 14.8 Å². The third-order valence-electron chi connectivity index (χ3n) is 5.23. The molecule has 2 saturated heterocycles. The summed E-state index contributed by atoms with van der Waals surface area (Å²) in [6.45, 7) is 5.93. The molecule has 4 rings (SSSR count). The molecule has 2 aliphatic heterocycles. The molecule has 0 saturated carbocycles. The van der Waals surface area contributed by atoms with Gasteiger partial charge in [0.1, 0.15) is 6.54 Å². The Balaban J connectivity index is 1.31. The van der Waals surface area contributed by atoms with Crippen LogP contribution in [0.5, 0.6) is 0 Å². The Kier molecular flexibility index (Phi) is 5.10. The molecular weight excluding hydrogens is 356 g/mol. The minimum atomic E-state index is -0.103. The van der Waals surface area contributed by atoms with E-state index in [1.54, 1.807) is 28.3 Å². The van der Waals surface area contributed by atoms with Crippen LogP contribution in [0.3, 0.4) is 0 Å². The average Bonchev–Trinajstić information content (AvgIpc) is 3.09.